The number of benzene rings is 1. The van der Waals surface area contributed by atoms with E-state index in [2.05, 4.69) is 53.7 Å². The lowest BCUT2D eigenvalue weighted by atomic mass is 9.87. The predicted octanol–water partition coefficient (Wildman–Crippen LogP) is 3.39. The van der Waals surface area contributed by atoms with Crippen LogP contribution in [0.15, 0.2) is 28.7 Å². The highest BCUT2D eigenvalue weighted by Gasteiger charge is 2.14. The second kappa shape index (κ2) is 5.63. The fraction of sp³-hybridized carbons (Fsp3) is 0.467. The molecule has 2 aromatic rings. The molecule has 2 N–H and O–H groups in total. The molecule has 0 amide bonds. The molecule has 1 atom stereocenters. The quantitative estimate of drug-likeness (QED) is 0.894. The van der Waals surface area contributed by atoms with E-state index in [9.17, 15) is 0 Å². The van der Waals surface area contributed by atoms with Crippen LogP contribution in [0.3, 0.4) is 0 Å². The molecule has 0 saturated heterocycles. The van der Waals surface area contributed by atoms with E-state index in [0.29, 0.717) is 11.9 Å². The summed E-state index contributed by atoms with van der Waals surface area (Å²) in [5.41, 5.74) is 2.38. The molecule has 0 bridgehead atoms. The van der Waals surface area contributed by atoms with Crippen LogP contribution in [-0.2, 0) is 5.41 Å². The van der Waals surface area contributed by atoms with Crippen LogP contribution in [0.5, 0.6) is 0 Å². The molecule has 0 spiro atoms. The minimum atomic E-state index is 0.0429. The zero-order valence-electron chi connectivity index (χ0n) is 12.7. The molecule has 0 aliphatic heterocycles. The van der Waals surface area contributed by atoms with E-state index in [-0.39, 0.29) is 11.5 Å². The van der Waals surface area contributed by atoms with Crippen molar-refractivity contribution >= 4 is 11.7 Å². The standard InChI is InChI=1S/C15H22N4O/c1-10(16-5)13-18-19-14(20-13)17-12-8-6-11(7-9-12)15(2,3)4/h6-10,16H,1-5H3,(H,17,19). The lowest BCUT2D eigenvalue weighted by Crippen LogP contribution is -2.12. The van der Waals surface area contributed by atoms with Gasteiger partial charge in [-0.1, -0.05) is 38.0 Å². The summed E-state index contributed by atoms with van der Waals surface area (Å²) in [6.07, 6.45) is 0. The van der Waals surface area contributed by atoms with E-state index in [0.717, 1.165) is 5.69 Å². The molecule has 1 aromatic carbocycles. The summed E-state index contributed by atoms with van der Waals surface area (Å²) in [6.45, 7) is 8.55. The summed E-state index contributed by atoms with van der Waals surface area (Å²) in [4.78, 5) is 0. The Balaban J connectivity index is 2.08. The van der Waals surface area contributed by atoms with Crippen molar-refractivity contribution in [2.75, 3.05) is 12.4 Å². The summed E-state index contributed by atoms with van der Waals surface area (Å²) in [7, 11) is 1.85. The summed E-state index contributed by atoms with van der Waals surface area (Å²) in [5.74, 6) is 0.571. The minimum absolute atomic E-state index is 0.0429. The Hall–Kier alpha value is -1.88. The third-order valence-electron chi connectivity index (χ3n) is 3.25. The number of rotatable bonds is 4. The summed E-state index contributed by atoms with van der Waals surface area (Å²) in [5, 5.41) is 14.2. The van der Waals surface area contributed by atoms with Gasteiger partial charge in [-0.05, 0) is 37.1 Å². The van der Waals surface area contributed by atoms with Gasteiger partial charge in [0.1, 0.15) is 0 Å². The molecule has 0 radical (unpaired) electrons. The van der Waals surface area contributed by atoms with Crippen molar-refractivity contribution in [3.05, 3.63) is 35.7 Å². The highest BCUT2D eigenvalue weighted by molar-refractivity contribution is 5.52. The fourth-order valence-electron chi connectivity index (χ4n) is 1.76. The van der Waals surface area contributed by atoms with E-state index < -0.39 is 0 Å². The Morgan fingerprint density at radius 2 is 1.75 bits per heavy atom. The number of hydrogen-bond acceptors (Lipinski definition) is 5. The molecule has 20 heavy (non-hydrogen) atoms. The predicted molar refractivity (Wildman–Crippen MR) is 80.2 cm³/mol. The topological polar surface area (TPSA) is 63.0 Å². The smallest absolute Gasteiger partial charge is 0.320 e. The number of anilines is 2. The molecule has 0 aliphatic carbocycles. The first-order chi connectivity index (χ1) is 9.40. The molecule has 2 rings (SSSR count). The number of hydrogen-bond donors (Lipinski definition) is 2. The molecule has 1 unspecified atom stereocenters. The van der Waals surface area contributed by atoms with Crippen molar-refractivity contribution in [3.63, 3.8) is 0 Å². The Labute approximate surface area is 119 Å². The molecule has 5 heteroatoms. The first-order valence-electron chi connectivity index (χ1n) is 6.78. The third kappa shape index (κ3) is 3.36. The lowest BCUT2D eigenvalue weighted by molar-refractivity contribution is 0.443. The van der Waals surface area contributed by atoms with Crippen molar-refractivity contribution in [2.24, 2.45) is 0 Å². The summed E-state index contributed by atoms with van der Waals surface area (Å²) >= 11 is 0. The van der Waals surface area contributed by atoms with Gasteiger partial charge in [0.15, 0.2) is 0 Å². The van der Waals surface area contributed by atoms with Crippen LogP contribution < -0.4 is 10.6 Å². The molecule has 1 aromatic heterocycles. The molecular formula is C15H22N4O. The maximum atomic E-state index is 5.54. The Morgan fingerprint density at radius 3 is 2.30 bits per heavy atom. The van der Waals surface area contributed by atoms with Gasteiger partial charge >= 0.3 is 6.01 Å². The zero-order valence-corrected chi connectivity index (χ0v) is 12.7. The maximum Gasteiger partial charge on any atom is 0.320 e. The van der Waals surface area contributed by atoms with Crippen LogP contribution in [0.2, 0.25) is 0 Å². The normalized spacial score (nSPS) is 13.2. The van der Waals surface area contributed by atoms with Gasteiger partial charge in [0.2, 0.25) is 5.89 Å². The van der Waals surface area contributed by atoms with E-state index >= 15 is 0 Å². The Morgan fingerprint density at radius 1 is 1.10 bits per heavy atom. The minimum Gasteiger partial charge on any atom is -0.406 e. The van der Waals surface area contributed by atoms with Gasteiger partial charge in [-0.3, -0.25) is 0 Å². The van der Waals surface area contributed by atoms with E-state index in [1.165, 1.54) is 5.56 Å². The maximum absolute atomic E-state index is 5.54. The average molecular weight is 274 g/mol. The molecule has 0 fully saturated rings. The SMILES string of the molecule is CNC(C)c1nnc(Nc2ccc(C(C)(C)C)cc2)o1. The highest BCUT2D eigenvalue weighted by atomic mass is 16.4. The Kier molecular flexibility index (Phi) is 4.09. The molecular weight excluding hydrogens is 252 g/mol. The third-order valence-corrected chi connectivity index (χ3v) is 3.25. The molecule has 0 aliphatic rings. The zero-order chi connectivity index (χ0) is 14.8. The second-order valence-corrected chi connectivity index (χ2v) is 5.91. The van der Waals surface area contributed by atoms with E-state index in [4.69, 9.17) is 4.42 Å². The summed E-state index contributed by atoms with van der Waals surface area (Å²) in [6, 6.07) is 8.70. The monoisotopic (exact) mass is 274 g/mol. The molecule has 5 nitrogen and oxygen atoms in total. The van der Waals surface area contributed by atoms with Crippen molar-refractivity contribution in [3.8, 4) is 0 Å². The van der Waals surface area contributed by atoms with Gasteiger partial charge < -0.3 is 15.1 Å². The first-order valence-corrected chi connectivity index (χ1v) is 6.78. The largest absolute Gasteiger partial charge is 0.406 e. The van der Waals surface area contributed by atoms with Crippen LogP contribution in [0, 0.1) is 0 Å². The van der Waals surface area contributed by atoms with Crippen molar-refractivity contribution in [1.82, 2.24) is 15.5 Å². The van der Waals surface area contributed by atoms with Crippen LogP contribution >= 0.6 is 0 Å². The van der Waals surface area contributed by atoms with E-state index in [1.807, 2.05) is 26.1 Å². The van der Waals surface area contributed by atoms with Crippen LogP contribution in [0.4, 0.5) is 11.7 Å². The summed E-state index contributed by atoms with van der Waals surface area (Å²) < 4.78 is 5.54. The average Bonchev–Trinajstić information content (AvgIpc) is 2.86. The number of nitrogens with zero attached hydrogens (tertiary/aromatic N) is 2. The Bertz CT molecular complexity index is 554. The van der Waals surface area contributed by atoms with Gasteiger partial charge in [0.25, 0.3) is 0 Å². The van der Waals surface area contributed by atoms with Crippen molar-refractivity contribution < 1.29 is 4.42 Å². The molecule has 108 valence electrons. The van der Waals surface area contributed by atoms with Gasteiger partial charge in [0, 0.05) is 5.69 Å². The second-order valence-electron chi connectivity index (χ2n) is 5.91. The fourth-order valence-corrected chi connectivity index (χ4v) is 1.76. The van der Waals surface area contributed by atoms with Gasteiger partial charge in [-0.25, -0.2) is 0 Å². The van der Waals surface area contributed by atoms with Gasteiger partial charge in [-0.15, -0.1) is 5.10 Å². The van der Waals surface area contributed by atoms with Crippen LogP contribution in [0.25, 0.3) is 0 Å². The highest BCUT2D eigenvalue weighted by Crippen LogP contribution is 2.25. The molecule has 1 heterocycles. The lowest BCUT2D eigenvalue weighted by Gasteiger charge is -2.19. The van der Waals surface area contributed by atoms with Crippen molar-refractivity contribution in [1.29, 1.82) is 0 Å². The molecule has 0 saturated carbocycles. The van der Waals surface area contributed by atoms with E-state index in [1.54, 1.807) is 0 Å². The van der Waals surface area contributed by atoms with Crippen LogP contribution in [0.1, 0.15) is 45.2 Å². The number of nitrogens with one attached hydrogen (secondary N) is 2. The van der Waals surface area contributed by atoms with Gasteiger partial charge in [0.05, 0.1) is 6.04 Å². The number of aromatic nitrogens is 2. The van der Waals surface area contributed by atoms with Gasteiger partial charge in [-0.2, -0.15) is 0 Å². The van der Waals surface area contributed by atoms with Crippen molar-refractivity contribution in [2.45, 2.75) is 39.2 Å². The van der Waals surface area contributed by atoms with Crippen LogP contribution in [-0.4, -0.2) is 17.2 Å². The first kappa shape index (κ1) is 14.5.